The van der Waals surface area contributed by atoms with Gasteiger partial charge in [-0.1, -0.05) is 5.18 Å². The Labute approximate surface area is 69.2 Å². The Morgan fingerprint density at radius 2 is 2.25 bits per heavy atom. The van der Waals surface area contributed by atoms with Gasteiger partial charge in [0.15, 0.2) is 6.29 Å². The molecule has 0 aromatic carbocycles. The van der Waals surface area contributed by atoms with E-state index in [9.17, 15) is 4.91 Å². The van der Waals surface area contributed by atoms with Crippen LogP contribution in [0.5, 0.6) is 0 Å². The van der Waals surface area contributed by atoms with E-state index in [1.165, 1.54) is 0 Å². The van der Waals surface area contributed by atoms with Gasteiger partial charge in [-0.25, -0.2) is 0 Å². The summed E-state index contributed by atoms with van der Waals surface area (Å²) in [6.45, 7) is 0. The predicted octanol–water partition coefficient (Wildman–Crippen LogP) is 0.799. The van der Waals surface area contributed by atoms with Crippen LogP contribution < -0.4 is 0 Å². The van der Waals surface area contributed by atoms with Gasteiger partial charge in [0, 0.05) is 5.92 Å². The lowest BCUT2D eigenvalue weighted by molar-refractivity contribution is -0.0557. The van der Waals surface area contributed by atoms with Crippen molar-refractivity contribution in [3.05, 3.63) is 4.91 Å². The van der Waals surface area contributed by atoms with Gasteiger partial charge in [0.2, 0.25) is 0 Å². The third-order valence-electron chi connectivity index (χ3n) is 3.86. The van der Waals surface area contributed by atoms with Gasteiger partial charge in [-0.3, -0.25) is 0 Å². The van der Waals surface area contributed by atoms with Crippen LogP contribution in [0.3, 0.4) is 0 Å². The molecule has 4 nitrogen and oxygen atoms in total. The number of ether oxygens (including phenoxy) is 2. The molecule has 2 saturated carbocycles. The SMILES string of the molecule is O=N[C@@]12CC1C1OC1OC21CC1. The van der Waals surface area contributed by atoms with Crippen molar-refractivity contribution in [3.63, 3.8) is 0 Å². The summed E-state index contributed by atoms with van der Waals surface area (Å²) in [5, 5.41) is 3.29. The van der Waals surface area contributed by atoms with Crippen molar-refractivity contribution in [1.82, 2.24) is 0 Å². The molecule has 64 valence electrons. The van der Waals surface area contributed by atoms with Crippen LogP contribution in [0.1, 0.15) is 19.3 Å². The molecule has 3 unspecified atom stereocenters. The summed E-state index contributed by atoms with van der Waals surface area (Å²) in [5.41, 5.74) is -0.554. The molecule has 12 heavy (non-hydrogen) atoms. The summed E-state index contributed by atoms with van der Waals surface area (Å²) in [6, 6.07) is 0. The molecule has 0 amide bonds. The monoisotopic (exact) mass is 167 g/mol. The molecule has 0 radical (unpaired) electrons. The lowest BCUT2D eigenvalue weighted by Crippen LogP contribution is -2.39. The second-order valence-electron chi connectivity index (χ2n) is 4.41. The van der Waals surface area contributed by atoms with Crippen LogP contribution >= 0.6 is 0 Å². The number of nitroso groups, excluding NO2 is 1. The van der Waals surface area contributed by atoms with Crippen molar-refractivity contribution < 1.29 is 9.47 Å². The lowest BCUT2D eigenvalue weighted by Gasteiger charge is -2.23. The normalized spacial score (nSPS) is 61.8. The Balaban J connectivity index is 1.82. The summed E-state index contributed by atoms with van der Waals surface area (Å²) >= 11 is 0. The quantitative estimate of drug-likeness (QED) is 0.428. The van der Waals surface area contributed by atoms with Gasteiger partial charge >= 0.3 is 0 Å². The molecule has 2 aliphatic heterocycles. The zero-order valence-electron chi connectivity index (χ0n) is 6.53. The first-order valence-corrected chi connectivity index (χ1v) is 4.49. The van der Waals surface area contributed by atoms with Crippen molar-refractivity contribution in [2.75, 3.05) is 0 Å². The van der Waals surface area contributed by atoms with E-state index in [2.05, 4.69) is 5.18 Å². The highest BCUT2D eigenvalue weighted by atomic mass is 16.8. The summed E-state index contributed by atoms with van der Waals surface area (Å²) in [4.78, 5) is 10.8. The first-order chi connectivity index (χ1) is 5.81. The first-order valence-electron chi connectivity index (χ1n) is 4.49. The number of hydrogen-bond acceptors (Lipinski definition) is 4. The largest absolute Gasteiger partial charge is 0.341 e. The standard InChI is InChI=1S/C8H9NO3/c10-9-8-3-4(8)5-6(11-5)12-7(8)1-2-7/h4-6H,1-3H2/t4?,5?,6?,8-/m0/s1. The summed E-state index contributed by atoms with van der Waals surface area (Å²) in [5.74, 6) is 0.385. The second-order valence-corrected chi connectivity index (χ2v) is 4.41. The van der Waals surface area contributed by atoms with E-state index in [1.807, 2.05) is 0 Å². The van der Waals surface area contributed by atoms with Gasteiger partial charge in [0.1, 0.15) is 17.2 Å². The number of epoxide rings is 1. The summed E-state index contributed by atoms with van der Waals surface area (Å²) in [7, 11) is 0. The molecule has 2 heterocycles. The van der Waals surface area contributed by atoms with E-state index >= 15 is 0 Å². The fourth-order valence-electron chi connectivity index (χ4n) is 2.85. The maximum atomic E-state index is 10.8. The van der Waals surface area contributed by atoms with Crippen molar-refractivity contribution in [1.29, 1.82) is 0 Å². The molecular formula is C8H9NO3. The first kappa shape index (κ1) is 6.05. The van der Waals surface area contributed by atoms with Gasteiger partial charge in [0.25, 0.3) is 0 Å². The Kier molecular flexibility index (Phi) is 0.683. The third kappa shape index (κ3) is 0.421. The van der Waals surface area contributed by atoms with Gasteiger partial charge in [-0.05, 0) is 19.3 Å². The van der Waals surface area contributed by atoms with Crippen LogP contribution in [0, 0.1) is 10.8 Å². The average molecular weight is 167 g/mol. The average Bonchev–Trinajstić information content (AvgIpc) is 2.90. The lowest BCUT2D eigenvalue weighted by atomic mass is 10.0. The van der Waals surface area contributed by atoms with Crippen LogP contribution in [0.2, 0.25) is 0 Å². The predicted molar refractivity (Wildman–Crippen MR) is 38.3 cm³/mol. The zero-order valence-corrected chi connectivity index (χ0v) is 6.53. The molecule has 0 aromatic heterocycles. The van der Waals surface area contributed by atoms with Crippen molar-refractivity contribution in [2.24, 2.45) is 11.1 Å². The molecule has 0 N–H and O–H groups in total. The van der Waals surface area contributed by atoms with E-state index in [1.54, 1.807) is 0 Å². The fourth-order valence-corrected chi connectivity index (χ4v) is 2.85. The molecule has 4 aliphatic rings. The molecule has 2 saturated heterocycles. The Bertz CT molecular complexity index is 288. The molecule has 4 rings (SSSR count). The van der Waals surface area contributed by atoms with E-state index < -0.39 is 0 Å². The minimum Gasteiger partial charge on any atom is -0.341 e. The number of nitrogens with zero attached hydrogens (tertiary/aromatic N) is 1. The second kappa shape index (κ2) is 1.36. The molecule has 4 fully saturated rings. The van der Waals surface area contributed by atoms with E-state index in [0.717, 1.165) is 19.3 Å². The van der Waals surface area contributed by atoms with Crippen molar-refractivity contribution in [2.45, 2.75) is 42.8 Å². The molecule has 4 atom stereocenters. The van der Waals surface area contributed by atoms with Crippen LogP contribution in [0.15, 0.2) is 5.18 Å². The molecule has 0 aromatic rings. The number of hydrogen-bond donors (Lipinski definition) is 0. The van der Waals surface area contributed by atoms with Gasteiger partial charge in [0.05, 0.1) is 0 Å². The number of rotatable bonds is 1. The maximum absolute atomic E-state index is 10.8. The molecule has 1 spiro atoms. The van der Waals surface area contributed by atoms with E-state index in [0.29, 0.717) is 5.92 Å². The van der Waals surface area contributed by atoms with Crippen LogP contribution in [0.25, 0.3) is 0 Å². The summed E-state index contributed by atoms with van der Waals surface area (Å²) < 4.78 is 11.0. The highest BCUT2D eigenvalue weighted by molar-refractivity contribution is 5.33. The molecule has 4 heteroatoms. The van der Waals surface area contributed by atoms with E-state index in [-0.39, 0.29) is 23.5 Å². The Morgan fingerprint density at radius 3 is 2.92 bits per heavy atom. The minimum atomic E-state index is -0.370. The van der Waals surface area contributed by atoms with Gasteiger partial charge < -0.3 is 9.47 Å². The highest BCUT2D eigenvalue weighted by Gasteiger charge is 2.84. The van der Waals surface area contributed by atoms with Crippen LogP contribution in [0.4, 0.5) is 0 Å². The van der Waals surface area contributed by atoms with E-state index in [4.69, 9.17) is 9.47 Å². The highest BCUT2D eigenvalue weighted by Crippen LogP contribution is 2.73. The fraction of sp³-hybridized carbons (Fsp3) is 1.00. The Morgan fingerprint density at radius 1 is 1.42 bits per heavy atom. The molecular weight excluding hydrogens is 158 g/mol. The van der Waals surface area contributed by atoms with Crippen molar-refractivity contribution in [3.8, 4) is 0 Å². The summed E-state index contributed by atoms with van der Waals surface area (Å²) in [6.07, 6.45) is 3.12. The maximum Gasteiger partial charge on any atom is 0.185 e. The molecule has 0 bridgehead atoms. The van der Waals surface area contributed by atoms with Crippen LogP contribution in [-0.4, -0.2) is 23.5 Å². The van der Waals surface area contributed by atoms with Gasteiger partial charge in [-0.15, -0.1) is 0 Å². The zero-order chi connectivity index (χ0) is 7.97. The van der Waals surface area contributed by atoms with Gasteiger partial charge in [-0.2, -0.15) is 4.91 Å². The minimum absolute atomic E-state index is 0.00914. The number of fused-ring (bicyclic) bond motifs is 4. The topological polar surface area (TPSA) is 51.2 Å². The smallest absolute Gasteiger partial charge is 0.185 e. The third-order valence-corrected chi connectivity index (χ3v) is 3.86. The molecule has 2 aliphatic carbocycles. The Hall–Kier alpha value is -0.480. The van der Waals surface area contributed by atoms with Crippen molar-refractivity contribution >= 4 is 0 Å². The van der Waals surface area contributed by atoms with Crippen LogP contribution in [-0.2, 0) is 9.47 Å².